The number of aromatic hydroxyl groups is 1. The summed E-state index contributed by atoms with van der Waals surface area (Å²) in [7, 11) is 0. The third-order valence-corrected chi connectivity index (χ3v) is 10.00. The molecular formula is C39H47N5O6. The van der Waals surface area contributed by atoms with Crippen molar-refractivity contribution in [2.75, 3.05) is 51.1 Å². The number of pyridine rings is 1. The average molecular weight is 682 g/mol. The highest BCUT2D eigenvalue weighted by atomic mass is 16.6. The van der Waals surface area contributed by atoms with Crippen molar-refractivity contribution in [3.63, 3.8) is 0 Å². The number of ether oxygens (including phenoxy) is 1. The Balaban J connectivity index is 0.845. The van der Waals surface area contributed by atoms with Crippen molar-refractivity contribution in [1.82, 2.24) is 20.1 Å². The summed E-state index contributed by atoms with van der Waals surface area (Å²) in [5, 5.41) is 27.5. The van der Waals surface area contributed by atoms with Gasteiger partial charge in [0.1, 0.15) is 11.9 Å². The Morgan fingerprint density at radius 3 is 2.42 bits per heavy atom. The zero-order valence-corrected chi connectivity index (χ0v) is 28.4. The first kappa shape index (κ1) is 35.1. The van der Waals surface area contributed by atoms with E-state index in [0.717, 1.165) is 81.6 Å². The lowest BCUT2D eigenvalue weighted by atomic mass is 9.92. The number of H-pyrrole nitrogens is 1. The van der Waals surface area contributed by atoms with Gasteiger partial charge in [0.25, 0.3) is 0 Å². The summed E-state index contributed by atoms with van der Waals surface area (Å²) >= 11 is 0. The number of amides is 2. The fourth-order valence-electron chi connectivity index (χ4n) is 7.09. The number of aromatic nitrogens is 1. The summed E-state index contributed by atoms with van der Waals surface area (Å²) < 4.78 is 5.80. The molecule has 11 heteroatoms. The molecule has 0 aliphatic carbocycles. The average Bonchev–Trinajstić information content (AvgIpc) is 3.14. The molecule has 6 rings (SSSR count). The number of rotatable bonds is 12. The second kappa shape index (κ2) is 16.8. The summed E-state index contributed by atoms with van der Waals surface area (Å²) in [5.41, 5.74) is 3.30. The molecule has 2 saturated heterocycles. The molecular weight excluding hydrogens is 634 g/mol. The fourth-order valence-corrected chi connectivity index (χ4v) is 7.09. The summed E-state index contributed by atoms with van der Waals surface area (Å²) in [4.78, 5) is 44.3. The number of phenolic OH excluding ortho intramolecular Hbond substituents is 1. The summed E-state index contributed by atoms with van der Waals surface area (Å²) in [6.07, 6.45) is 3.72. The maximum absolute atomic E-state index is 12.9. The molecule has 1 atom stereocenters. The molecule has 2 aliphatic heterocycles. The molecule has 11 nitrogen and oxygen atoms in total. The van der Waals surface area contributed by atoms with E-state index in [2.05, 4.69) is 20.5 Å². The van der Waals surface area contributed by atoms with Crippen LogP contribution in [0.1, 0.15) is 50.2 Å². The first-order chi connectivity index (χ1) is 24.3. The predicted octanol–water partition coefficient (Wildman–Crippen LogP) is 5.26. The number of carbonyl (C=O) groups excluding carboxylic acids is 2. The number of anilines is 1. The van der Waals surface area contributed by atoms with Crippen LogP contribution in [0.25, 0.3) is 22.0 Å². The number of nitrogens with zero attached hydrogens (tertiary/aromatic N) is 2. The van der Waals surface area contributed by atoms with E-state index in [1.807, 2.05) is 59.5 Å². The molecule has 1 aromatic heterocycles. The molecule has 0 unspecified atom stereocenters. The van der Waals surface area contributed by atoms with Gasteiger partial charge in [-0.15, -0.1) is 0 Å². The number of benzene rings is 3. The van der Waals surface area contributed by atoms with Crippen LogP contribution in [0.5, 0.6) is 5.75 Å². The predicted molar refractivity (Wildman–Crippen MR) is 194 cm³/mol. The van der Waals surface area contributed by atoms with Gasteiger partial charge in [0, 0.05) is 62.7 Å². The summed E-state index contributed by atoms with van der Waals surface area (Å²) in [5.74, 6) is 0.658. The van der Waals surface area contributed by atoms with Crippen LogP contribution in [0.2, 0.25) is 0 Å². The van der Waals surface area contributed by atoms with Gasteiger partial charge in [0.15, 0.2) is 0 Å². The number of carbonyl (C=O) groups is 2. The highest BCUT2D eigenvalue weighted by molar-refractivity contribution is 5.91. The van der Waals surface area contributed by atoms with Crippen LogP contribution < -0.4 is 16.2 Å². The van der Waals surface area contributed by atoms with Crippen molar-refractivity contribution in [2.45, 2.75) is 50.7 Å². The number of fused-ring (bicyclic) bond motifs is 1. The monoisotopic (exact) mass is 681 g/mol. The molecule has 0 saturated carbocycles. The number of para-hydroxylation sites is 1. The van der Waals surface area contributed by atoms with Crippen molar-refractivity contribution in [3.05, 3.63) is 94.8 Å². The van der Waals surface area contributed by atoms with Gasteiger partial charge >= 0.3 is 6.09 Å². The van der Waals surface area contributed by atoms with E-state index in [9.17, 15) is 24.6 Å². The second-order valence-corrected chi connectivity index (χ2v) is 13.4. The van der Waals surface area contributed by atoms with Crippen LogP contribution in [0.3, 0.4) is 0 Å². The van der Waals surface area contributed by atoms with E-state index in [4.69, 9.17) is 4.74 Å². The molecule has 50 heavy (non-hydrogen) atoms. The molecule has 2 fully saturated rings. The van der Waals surface area contributed by atoms with Crippen LogP contribution in [0.4, 0.5) is 10.5 Å². The van der Waals surface area contributed by atoms with E-state index in [1.165, 1.54) is 12.1 Å². The highest BCUT2D eigenvalue weighted by Crippen LogP contribution is 2.30. The summed E-state index contributed by atoms with van der Waals surface area (Å²) in [6.45, 7) is 5.05. The van der Waals surface area contributed by atoms with E-state index in [1.54, 1.807) is 12.1 Å². The maximum Gasteiger partial charge on any atom is 0.411 e. The Morgan fingerprint density at radius 2 is 1.64 bits per heavy atom. The molecule has 0 spiro atoms. The Bertz CT molecular complexity index is 1800. The van der Waals surface area contributed by atoms with Gasteiger partial charge in [0.05, 0.1) is 17.3 Å². The van der Waals surface area contributed by atoms with Gasteiger partial charge in [-0.2, -0.15) is 0 Å². The zero-order chi connectivity index (χ0) is 34.9. The molecule has 0 radical (unpaired) electrons. The SMILES string of the molecule is O=C(Nc1ccccc1-c1ccccc1)OC1CCN(CCC2CCN(C(=O)CCNC[C@@H](O)c3ccc(O)c4[nH]c(=O)ccc34)CC2)CC1. The van der Waals surface area contributed by atoms with Crippen molar-refractivity contribution < 1.29 is 24.5 Å². The molecule has 2 aliphatic rings. The lowest BCUT2D eigenvalue weighted by Crippen LogP contribution is -2.42. The molecule has 5 N–H and O–H groups in total. The van der Waals surface area contributed by atoms with Crippen LogP contribution in [-0.2, 0) is 9.53 Å². The molecule has 0 bridgehead atoms. The first-order valence-corrected chi connectivity index (χ1v) is 17.7. The standard InChI is InChI=1S/C39H47N5O6/c45-34-12-10-31(32-11-13-36(47)42-38(32)34)35(46)26-40-20-14-37(48)44-24-16-27(17-25-44)15-21-43-22-18-29(19-23-43)50-39(49)41-33-9-5-4-8-30(33)28-6-2-1-3-7-28/h1-13,27,29,35,40,45-46H,14-26H2,(H,41,49)(H,42,47)/t35-/m1/s1. The lowest BCUT2D eigenvalue weighted by molar-refractivity contribution is -0.132. The van der Waals surface area contributed by atoms with Crippen LogP contribution in [-0.4, -0.2) is 88.9 Å². The smallest absolute Gasteiger partial charge is 0.411 e. The van der Waals surface area contributed by atoms with Gasteiger partial charge in [-0.3, -0.25) is 14.9 Å². The third-order valence-electron chi connectivity index (χ3n) is 10.00. The Kier molecular flexibility index (Phi) is 11.8. The zero-order valence-electron chi connectivity index (χ0n) is 28.4. The number of piperidine rings is 2. The van der Waals surface area contributed by atoms with E-state index in [-0.39, 0.29) is 29.9 Å². The molecule has 264 valence electrons. The van der Waals surface area contributed by atoms with Gasteiger partial charge in [-0.25, -0.2) is 4.79 Å². The number of nitrogens with one attached hydrogen (secondary N) is 3. The molecule has 2 amide bonds. The Morgan fingerprint density at radius 1 is 0.900 bits per heavy atom. The van der Waals surface area contributed by atoms with Crippen LogP contribution in [0.15, 0.2) is 83.7 Å². The topological polar surface area (TPSA) is 147 Å². The maximum atomic E-state index is 12.9. The van der Waals surface area contributed by atoms with Crippen LogP contribution >= 0.6 is 0 Å². The summed E-state index contributed by atoms with van der Waals surface area (Å²) in [6, 6.07) is 23.8. The minimum Gasteiger partial charge on any atom is -0.506 e. The van der Waals surface area contributed by atoms with Crippen molar-refractivity contribution in [2.24, 2.45) is 5.92 Å². The number of aliphatic hydroxyl groups excluding tert-OH is 1. The largest absolute Gasteiger partial charge is 0.506 e. The quantitative estimate of drug-likeness (QED) is 0.127. The number of aliphatic hydroxyl groups is 1. The molecule has 3 heterocycles. The highest BCUT2D eigenvalue weighted by Gasteiger charge is 2.26. The Hall–Kier alpha value is -4.71. The van der Waals surface area contributed by atoms with Gasteiger partial charge in [0.2, 0.25) is 11.5 Å². The van der Waals surface area contributed by atoms with E-state index in [0.29, 0.717) is 35.3 Å². The van der Waals surface area contributed by atoms with Gasteiger partial charge < -0.3 is 35.1 Å². The van der Waals surface area contributed by atoms with Crippen molar-refractivity contribution >= 4 is 28.6 Å². The van der Waals surface area contributed by atoms with E-state index >= 15 is 0 Å². The number of aromatic amines is 1. The van der Waals surface area contributed by atoms with Crippen molar-refractivity contribution in [3.8, 4) is 16.9 Å². The first-order valence-electron chi connectivity index (χ1n) is 17.7. The molecule has 3 aromatic carbocycles. The fraction of sp³-hybridized carbons (Fsp3) is 0.410. The van der Waals surface area contributed by atoms with Gasteiger partial charge in [-0.1, -0.05) is 54.6 Å². The minimum atomic E-state index is -0.860. The normalized spacial score (nSPS) is 16.7. The minimum absolute atomic E-state index is 0.0497. The van der Waals surface area contributed by atoms with E-state index < -0.39 is 12.2 Å². The van der Waals surface area contributed by atoms with Crippen LogP contribution in [0, 0.1) is 5.92 Å². The number of hydrogen-bond donors (Lipinski definition) is 5. The molecule has 4 aromatic rings. The van der Waals surface area contributed by atoms with Gasteiger partial charge in [-0.05, 0) is 73.9 Å². The number of likely N-dealkylation sites (tertiary alicyclic amines) is 2. The Labute approximate surface area is 292 Å². The number of hydrogen-bond acceptors (Lipinski definition) is 8. The second-order valence-electron chi connectivity index (χ2n) is 13.4. The lowest BCUT2D eigenvalue weighted by Gasteiger charge is -2.35. The van der Waals surface area contributed by atoms with Crippen molar-refractivity contribution in [1.29, 1.82) is 0 Å². The number of phenols is 1. The third kappa shape index (κ3) is 9.09.